The number of hydrogen-bond acceptors (Lipinski definition) is 10. The molecule has 6 aromatic rings. The van der Waals surface area contributed by atoms with Gasteiger partial charge in [0, 0.05) is 23.5 Å². The van der Waals surface area contributed by atoms with Crippen molar-refractivity contribution in [1.29, 1.82) is 0 Å². The first-order chi connectivity index (χ1) is 24.3. The van der Waals surface area contributed by atoms with Crippen LogP contribution in [0.25, 0.3) is 22.3 Å². The summed E-state index contributed by atoms with van der Waals surface area (Å²) in [5, 5.41) is 0. The van der Waals surface area contributed by atoms with Crippen molar-refractivity contribution in [3.05, 3.63) is 156 Å². The molecular formula is C38H32N2O8S3. The molecule has 0 N–H and O–H groups in total. The van der Waals surface area contributed by atoms with E-state index in [1.165, 1.54) is 36.7 Å². The first-order valence-electron chi connectivity index (χ1n) is 15.6. The van der Waals surface area contributed by atoms with Gasteiger partial charge in [-0.2, -0.15) is 16.8 Å². The second kappa shape index (κ2) is 14.5. The Morgan fingerprint density at radius 2 is 0.824 bits per heavy atom. The van der Waals surface area contributed by atoms with E-state index < -0.39 is 30.1 Å². The van der Waals surface area contributed by atoms with E-state index in [4.69, 9.17) is 8.37 Å². The van der Waals surface area contributed by atoms with Gasteiger partial charge >= 0.3 is 20.2 Å². The van der Waals surface area contributed by atoms with E-state index in [0.717, 1.165) is 0 Å². The zero-order chi connectivity index (χ0) is 36.2. The molecule has 0 aliphatic rings. The molecule has 13 heteroatoms. The summed E-state index contributed by atoms with van der Waals surface area (Å²) in [6, 6.07) is 32.7. The van der Waals surface area contributed by atoms with Crippen LogP contribution in [-0.4, -0.2) is 35.2 Å². The summed E-state index contributed by atoms with van der Waals surface area (Å²) >= 11 is 0. The molecule has 10 nitrogen and oxygen atoms in total. The minimum atomic E-state index is -4.28. The normalized spacial score (nSPS) is 12.0. The van der Waals surface area contributed by atoms with Crippen molar-refractivity contribution in [3.63, 3.8) is 0 Å². The molecule has 6 rings (SSSR count). The molecule has 0 radical (unpaired) electrons. The van der Waals surface area contributed by atoms with Crippen molar-refractivity contribution >= 4 is 30.1 Å². The summed E-state index contributed by atoms with van der Waals surface area (Å²) in [5.74, 6) is -0.458. The maximum atomic E-state index is 14.6. The Morgan fingerprint density at radius 1 is 0.471 bits per heavy atom. The number of benzene rings is 4. The van der Waals surface area contributed by atoms with Crippen LogP contribution in [0.1, 0.15) is 22.5 Å². The van der Waals surface area contributed by atoms with Gasteiger partial charge < -0.3 is 8.37 Å². The Hall–Kier alpha value is -5.37. The Bertz CT molecular complexity index is 2340. The molecule has 260 valence electrons. The molecule has 0 aliphatic carbocycles. The van der Waals surface area contributed by atoms with Crippen LogP contribution in [0.15, 0.2) is 144 Å². The van der Waals surface area contributed by atoms with Crippen LogP contribution >= 0.6 is 0 Å². The molecule has 0 fully saturated rings. The van der Waals surface area contributed by atoms with Gasteiger partial charge in [0.1, 0.15) is 32.8 Å². The summed E-state index contributed by atoms with van der Waals surface area (Å²) in [4.78, 5) is 8.50. The zero-order valence-corrected chi connectivity index (χ0v) is 30.0. The fourth-order valence-electron chi connectivity index (χ4n) is 5.63. The van der Waals surface area contributed by atoms with Crippen LogP contribution in [0.5, 0.6) is 11.5 Å². The van der Waals surface area contributed by atoms with Crippen LogP contribution in [0.4, 0.5) is 0 Å². The molecule has 0 bridgehead atoms. The van der Waals surface area contributed by atoms with E-state index in [0.29, 0.717) is 33.4 Å². The number of sulfone groups is 1. The van der Waals surface area contributed by atoms with Crippen molar-refractivity contribution < 1.29 is 33.6 Å². The zero-order valence-electron chi connectivity index (χ0n) is 27.5. The Morgan fingerprint density at radius 3 is 1.18 bits per heavy atom. The molecule has 0 amide bonds. The highest BCUT2D eigenvalue weighted by atomic mass is 32.2. The molecule has 0 saturated carbocycles. The summed E-state index contributed by atoms with van der Waals surface area (Å²) in [7, 11) is -12.2. The first-order valence-corrected chi connectivity index (χ1v) is 20.2. The highest BCUT2D eigenvalue weighted by Crippen LogP contribution is 2.39. The SMILES string of the molecule is Cc1nccc(-c2ccc(OS(=O)(=O)Cc3ccccc3)cc2)c1S(=O)(=O)c1c(-c2ccc(OS(=O)(=O)Cc3ccccc3)cc2)ccnc1C. The number of hydrogen-bond donors (Lipinski definition) is 0. The predicted molar refractivity (Wildman–Crippen MR) is 194 cm³/mol. The number of aryl methyl sites for hydroxylation is 2. The molecule has 51 heavy (non-hydrogen) atoms. The molecule has 0 unspecified atom stereocenters. The number of aromatic nitrogens is 2. The monoisotopic (exact) mass is 740 g/mol. The van der Waals surface area contributed by atoms with Crippen LogP contribution in [0.3, 0.4) is 0 Å². The molecule has 4 aromatic carbocycles. The fraction of sp³-hybridized carbons (Fsp3) is 0.105. The van der Waals surface area contributed by atoms with E-state index in [1.807, 2.05) is 0 Å². The lowest BCUT2D eigenvalue weighted by Gasteiger charge is -2.17. The standard InChI is InChI=1S/C38H32N2O8S3/c1-27-37(35(21-23-39-27)31-13-17-33(18-14-31)47-49(41,42)25-29-9-5-3-6-10-29)51(45,46)38-28(2)40-24-22-36(38)32-15-19-34(20-16-32)48-50(43,44)26-30-11-7-4-8-12-30/h3-24H,25-26H2,1-2H3. The minimum Gasteiger partial charge on any atom is -0.382 e. The highest BCUT2D eigenvalue weighted by molar-refractivity contribution is 7.92. The number of rotatable bonds is 12. The summed E-state index contributed by atoms with van der Waals surface area (Å²) in [6.07, 6.45) is 3.00. The van der Waals surface area contributed by atoms with Crippen molar-refractivity contribution in [2.45, 2.75) is 35.1 Å². The second-order valence-corrected chi connectivity index (χ2v) is 16.6. The van der Waals surface area contributed by atoms with Gasteiger partial charge in [-0.1, -0.05) is 84.9 Å². The largest absolute Gasteiger partial charge is 0.382 e. The second-order valence-electron chi connectivity index (χ2n) is 11.6. The van der Waals surface area contributed by atoms with E-state index in [9.17, 15) is 25.3 Å². The van der Waals surface area contributed by atoms with Gasteiger partial charge in [0.05, 0.1) is 11.4 Å². The summed E-state index contributed by atoms with van der Waals surface area (Å²) in [5.41, 5.74) is 3.35. The minimum absolute atomic E-state index is 0.0420. The molecule has 0 atom stereocenters. The highest BCUT2D eigenvalue weighted by Gasteiger charge is 2.30. The predicted octanol–water partition coefficient (Wildman–Crippen LogP) is 7.08. The summed E-state index contributed by atoms with van der Waals surface area (Å²) in [6.45, 7) is 3.19. The molecule has 2 aromatic heterocycles. The molecule has 0 saturated heterocycles. The van der Waals surface area contributed by atoms with Crippen molar-refractivity contribution in [2.24, 2.45) is 0 Å². The fourth-order valence-corrected chi connectivity index (χ4v) is 9.80. The maximum Gasteiger partial charge on any atom is 0.313 e. The van der Waals surface area contributed by atoms with Crippen LogP contribution in [0, 0.1) is 13.8 Å². The van der Waals surface area contributed by atoms with Gasteiger partial charge in [-0.05, 0) is 72.5 Å². The van der Waals surface area contributed by atoms with Gasteiger partial charge in [0.15, 0.2) is 0 Å². The molecule has 0 aliphatic heterocycles. The lowest BCUT2D eigenvalue weighted by atomic mass is 10.1. The average molecular weight is 741 g/mol. The number of nitrogens with zero attached hydrogens (tertiary/aromatic N) is 2. The van der Waals surface area contributed by atoms with Gasteiger partial charge in [0.25, 0.3) is 0 Å². The van der Waals surface area contributed by atoms with E-state index in [2.05, 4.69) is 9.97 Å². The van der Waals surface area contributed by atoms with Gasteiger partial charge in [-0.25, -0.2) is 8.42 Å². The first kappa shape index (κ1) is 35.5. The van der Waals surface area contributed by atoms with E-state index in [-0.39, 0.29) is 44.2 Å². The smallest absolute Gasteiger partial charge is 0.313 e. The van der Waals surface area contributed by atoms with Gasteiger partial charge in [-0.15, -0.1) is 0 Å². The molecule has 0 spiro atoms. The topological polar surface area (TPSA) is 147 Å². The maximum absolute atomic E-state index is 14.6. The average Bonchev–Trinajstić information content (AvgIpc) is 3.08. The van der Waals surface area contributed by atoms with Crippen LogP contribution < -0.4 is 8.37 Å². The van der Waals surface area contributed by atoms with Crippen molar-refractivity contribution in [2.75, 3.05) is 0 Å². The third-order valence-corrected chi connectivity index (χ3v) is 12.2. The number of pyridine rings is 2. The van der Waals surface area contributed by atoms with Gasteiger partial charge in [0.2, 0.25) is 9.84 Å². The van der Waals surface area contributed by atoms with Gasteiger partial charge in [-0.3, -0.25) is 9.97 Å². The van der Waals surface area contributed by atoms with Crippen molar-refractivity contribution in [3.8, 4) is 33.8 Å². The van der Waals surface area contributed by atoms with E-state index >= 15 is 0 Å². The van der Waals surface area contributed by atoms with Crippen molar-refractivity contribution in [1.82, 2.24) is 9.97 Å². The summed E-state index contributed by atoms with van der Waals surface area (Å²) < 4.78 is 90.7. The van der Waals surface area contributed by atoms with Crippen LogP contribution in [-0.2, 0) is 41.6 Å². The quantitative estimate of drug-likeness (QED) is 0.119. The third-order valence-electron chi connectivity index (χ3n) is 7.85. The lowest BCUT2D eigenvalue weighted by Crippen LogP contribution is -2.12. The lowest BCUT2D eigenvalue weighted by molar-refractivity contribution is 0.483. The van der Waals surface area contributed by atoms with E-state index in [1.54, 1.807) is 111 Å². The van der Waals surface area contributed by atoms with Crippen LogP contribution in [0.2, 0.25) is 0 Å². The Balaban J connectivity index is 1.30. The molecule has 2 heterocycles. The third kappa shape index (κ3) is 8.34. The molecular weight excluding hydrogens is 709 g/mol. The Kier molecular flexibility index (Phi) is 10.1. The Labute approximate surface area is 297 Å².